The number of carbonyl (C=O) groups excluding carboxylic acids is 3. The van der Waals surface area contributed by atoms with Crippen LogP contribution in [0.25, 0.3) is 0 Å². The minimum absolute atomic E-state index is 0.267. The van der Waals surface area contributed by atoms with E-state index in [9.17, 15) is 14.4 Å². The van der Waals surface area contributed by atoms with Gasteiger partial charge in [0.15, 0.2) is 0 Å². The molecule has 0 saturated carbocycles. The van der Waals surface area contributed by atoms with E-state index in [-0.39, 0.29) is 17.5 Å². The van der Waals surface area contributed by atoms with Crippen LogP contribution in [0.5, 0.6) is 5.75 Å². The van der Waals surface area contributed by atoms with Gasteiger partial charge < -0.3 is 9.26 Å². The van der Waals surface area contributed by atoms with E-state index in [0.717, 1.165) is 4.67 Å². The highest BCUT2D eigenvalue weighted by Crippen LogP contribution is 2.54. The summed E-state index contributed by atoms with van der Waals surface area (Å²) < 4.78 is 13.2. The molecular weight excluding hydrogens is 425 g/mol. The Labute approximate surface area is 175 Å². The Morgan fingerprint density at radius 2 is 1.79 bits per heavy atom. The fraction of sp³-hybridized carbons (Fsp3) is 0.471. The summed E-state index contributed by atoms with van der Waals surface area (Å²) in [6.07, 6.45) is 0.325. The molecule has 0 aromatic heterocycles. The van der Waals surface area contributed by atoms with Gasteiger partial charge in [0, 0.05) is 19.7 Å². The van der Waals surface area contributed by atoms with Gasteiger partial charge in [0.05, 0.1) is 13.2 Å². The lowest BCUT2D eigenvalue weighted by Gasteiger charge is -2.38. The third kappa shape index (κ3) is 5.91. The Bertz CT molecular complexity index is 762. The van der Waals surface area contributed by atoms with Crippen molar-refractivity contribution in [3.63, 3.8) is 0 Å². The summed E-state index contributed by atoms with van der Waals surface area (Å²) in [5.74, 6) is -0.817. The van der Waals surface area contributed by atoms with Crippen LogP contribution in [0.1, 0.15) is 30.6 Å². The number of benzene rings is 1. The molecule has 0 heterocycles. The van der Waals surface area contributed by atoms with E-state index < -0.39 is 24.4 Å². The minimum Gasteiger partial charge on any atom is -0.497 e. The maximum atomic E-state index is 12.7. The van der Waals surface area contributed by atoms with Crippen molar-refractivity contribution in [1.29, 1.82) is 0 Å². The molecule has 0 fully saturated rings. The summed E-state index contributed by atoms with van der Waals surface area (Å²) in [6, 6.07) is 5.48. The van der Waals surface area contributed by atoms with Crippen molar-refractivity contribution in [1.82, 2.24) is 14.7 Å². The highest BCUT2D eigenvalue weighted by molar-refractivity contribution is 8.10. The van der Waals surface area contributed by atoms with Crippen LogP contribution in [-0.2, 0) is 21.1 Å². The van der Waals surface area contributed by atoms with Gasteiger partial charge in [-0.15, -0.1) is 11.6 Å². The van der Waals surface area contributed by atoms with Crippen LogP contribution >= 0.6 is 18.2 Å². The summed E-state index contributed by atoms with van der Waals surface area (Å²) in [5, 5.41) is 2.26. The zero-order valence-electron chi connectivity index (χ0n) is 16.5. The van der Waals surface area contributed by atoms with Crippen molar-refractivity contribution >= 4 is 47.8 Å². The molecule has 156 valence electrons. The van der Waals surface area contributed by atoms with Crippen LogP contribution in [0.3, 0.4) is 0 Å². The second-order valence-corrected chi connectivity index (χ2v) is 9.96. The van der Waals surface area contributed by atoms with Crippen LogP contribution in [0.4, 0.5) is 4.79 Å². The number of halogens is 1. The smallest absolute Gasteiger partial charge is 0.330 e. The number of carbonyl (C=O) groups is 3. The van der Waals surface area contributed by atoms with Crippen LogP contribution in [0, 0.1) is 0 Å². The molecule has 0 aliphatic heterocycles. The number of alkyl halides is 1. The molecule has 2 unspecified atom stereocenters. The minimum atomic E-state index is -3.28. The van der Waals surface area contributed by atoms with Gasteiger partial charge >= 0.3 is 6.03 Å². The first kappa shape index (κ1) is 24.4. The molecule has 0 aliphatic rings. The molecule has 0 spiro atoms. The number of hydrogen-bond acceptors (Lipinski definition) is 6. The van der Waals surface area contributed by atoms with Crippen molar-refractivity contribution in [2.75, 3.05) is 27.1 Å². The molecule has 0 radical (unpaired) electrons. The average Bonchev–Trinajstić information content (AvgIpc) is 2.71. The maximum Gasteiger partial charge on any atom is 0.330 e. The van der Waals surface area contributed by atoms with Gasteiger partial charge in [0.1, 0.15) is 11.6 Å². The molecule has 28 heavy (non-hydrogen) atoms. The SMILES string of the molecule is CCC(C)OP(=S)(N(C)C(=O)CCl)N(C)C(=O)NC(=O)c1ccc(OC)cc1. The van der Waals surface area contributed by atoms with E-state index in [1.165, 1.54) is 38.0 Å². The first-order valence-corrected chi connectivity index (χ1v) is 11.6. The largest absolute Gasteiger partial charge is 0.497 e. The first-order valence-electron chi connectivity index (χ1n) is 8.45. The molecule has 1 aromatic rings. The molecule has 11 heteroatoms. The summed E-state index contributed by atoms with van der Waals surface area (Å²) in [4.78, 5) is 37.1. The Kier molecular flexibility index (Phi) is 9.36. The normalized spacial score (nSPS) is 13.8. The van der Waals surface area contributed by atoms with Crippen molar-refractivity contribution in [2.24, 2.45) is 0 Å². The number of imide groups is 1. The number of methoxy groups -OCH3 is 1. The highest BCUT2D eigenvalue weighted by atomic mass is 35.5. The van der Waals surface area contributed by atoms with Crippen LogP contribution in [-0.4, -0.2) is 60.4 Å². The van der Waals surface area contributed by atoms with Gasteiger partial charge in [-0.3, -0.25) is 24.2 Å². The van der Waals surface area contributed by atoms with Gasteiger partial charge in [0.25, 0.3) is 12.5 Å². The molecule has 1 N–H and O–H groups in total. The Balaban J connectivity index is 3.04. The molecular formula is C17H25ClN3O5PS. The Hall–Kier alpha value is -1.67. The quantitative estimate of drug-likeness (QED) is 0.484. The molecule has 0 bridgehead atoms. The highest BCUT2D eigenvalue weighted by Gasteiger charge is 2.37. The fourth-order valence-electron chi connectivity index (χ4n) is 1.99. The van der Waals surface area contributed by atoms with Crippen LogP contribution in [0.15, 0.2) is 24.3 Å². The van der Waals surface area contributed by atoms with Crippen molar-refractivity contribution in [2.45, 2.75) is 26.4 Å². The molecule has 1 aromatic carbocycles. The van der Waals surface area contributed by atoms with E-state index in [1.807, 2.05) is 6.92 Å². The van der Waals surface area contributed by atoms with E-state index in [1.54, 1.807) is 19.1 Å². The molecule has 2 atom stereocenters. The van der Waals surface area contributed by atoms with E-state index in [4.69, 9.17) is 32.7 Å². The first-order chi connectivity index (χ1) is 13.1. The van der Waals surface area contributed by atoms with Gasteiger partial charge in [0.2, 0.25) is 5.91 Å². The van der Waals surface area contributed by atoms with Crippen molar-refractivity contribution in [3.05, 3.63) is 29.8 Å². The number of nitrogens with one attached hydrogen (secondary N) is 1. The summed E-state index contributed by atoms with van der Waals surface area (Å²) in [7, 11) is 4.33. The number of rotatable bonds is 8. The predicted molar refractivity (Wildman–Crippen MR) is 112 cm³/mol. The molecule has 4 amide bonds. The lowest BCUT2D eigenvalue weighted by molar-refractivity contribution is -0.123. The average molecular weight is 450 g/mol. The predicted octanol–water partition coefficient (Wildman–Crippen LogP) is 3.21. The molecule has 0 aliphatic carbocycles. The van der Waals surface area contributed by atoms with Crippen LogP contribution < -0.4 is 10.1 Å². The van der Waals surface area contributed by atoms with Crippen molar-refractivity contribution in [3.8, 4) is 5.75 Å². The second-order valence-electron chi connectivity index (χ2n) is 5.88. The number of amides is 4. The van der Waals surface area contributed by atoms with E-state index in [0.29, 0.717) is 12.2 Å². The van der Waals surface area contributed by atoms with Gasteiger partial charge in [-0.2, -0.15) is 0 Å². The third-order valence-electron chi connectivity index (χ3n) is 3.99. The summed E-state index contributed by atoms with van der Waals surface area (Å²) in [5.41, 5.74) is 0.267. The van der Waals surface area contributed by atoms with E-state index in [2.05, 4.69) is 5.32 Å². The van der Waals surface area contributed by atoms with Crippen LogP contribution in [0.2, 0.25) is 0 Å². The molecule has 1 rings (SSSR count). The van der Waals surface area contributed by atoms with Crippen molar-refractivity contribution < 1.29 is 23.6 Å². The summed E-state index contributed by atoms with van der Waals surface area (Å²) in [6.45, 7) is 0.394. The van der Waals surface area contributed by atoms with Gasteiger partial charge in [-0.25, -0.2) is 4.79 Å². The molecule has 8 nitrogen and oxygen atoms in total. The number of ether oxygens (including phenoxy) is 1. The number of urea groups is 1. The van der Waals surface area contributed by atoms with Gasteiger partial charge in [-0.1, -0.05) is 6.92 Å². The number of hydrogen-bond donors (Lipinski definition) is 1. The van der Waals surface area contributed by atoms with Gasteiger partial charge in [-0.05, 0) is 49.4 Å². The monoisotopic (exact) mass is 449 g/mol. The third-order valence-corrected chi connectivity index (χ3v) is 8.50. The topological polar surface area (TPSA) is 88.2 Å². The van der Waals surface area contributed by atoms with E-state index >= 15 is 0 Å². The summed E-state index contributed by atoms with van der Waals surface area (Å²) >= 11 is 11.2. The zero-order chi connectivity index (χ0) is 21.5. The zero-order valence-corrected chi connectivity index (χ0v) is 18.9. The maximum absolute atomic E-state index is 12.7. The molecule has 0 saturated heterocycles. The standard InChI is InChI=1S/C17H25ClN3O5PS/c1-6-12(2)26-27(28,20(3)15(22)11-18)21(4)17(24)19-16(23)13-7-9-14(25-5)10-8-13/h7-10,12H,6,11H2,1-5H3,(H,19,23,24). The number of nitrogens with zero attached hydrogens (tertiary/aromatic N) is 2. The Morgan fingerprint density at radius 3 is 2.25 bits per heavy atom. The Morgan fingerprint density at radius 1 is 1.21 bits per heavy atom. The lowest BCUT2D eigenvalue weighted by Crippen LogP contribution is -2.43. The fourth-order valence-corrected chi connectivity index (χ4v) is 5.12. The second kappa shape index (κ2) is 10.8. The lowest BCUT2D eigenvalue weighted by atomic mass is 10.2.